The number of nitrogens with one attached hydrogen (secondary N) is 1. The lowest BCUT2D eigenvalue weighted by Gasteiger charge is -2.17. The fourth-order valence-corrected chi connectivity index (χ4v) is 2.60. The lowest BCUT2D eigenvalue weighted by atomic mass is 9.88. The minimum absolute atomic E-state index is 0.0105. The molecule has 3 nitrogen and oxygen atoms in total. The van der Waals surface area contributed by atoms with E-state index in [9.17, 15) is 9.18 Å². The van der Waals surface area contributed by atoms with E-state index in [1.165, 1.54) is 12.1 Å². The van der Waals surface area contributed by atoms with Crippen LogP contribution in [0.2, 0.25) is 0 Å². The number of nitrogens with zero attached hydrogens (tertiary/aromatic N) is 1. The van der Waals surface area contributed by atoms with Crippen LogP contribution in [0, 0.1) is 5.82 Å². The van der Waals surface area contributed by atoms with Crippen molar-refractivity contribution in [2.45, 2.75) is 25.8 Å². The first-order valence-corrected chi connectivity index (χ1v) is 6.69. The van der Waals surface area contributed by atoms with Crippen LogP contribution in [-0.2, 0) is 12.0 Å². The topological polar surface area (TPSA) is 34.0 Å². The van der Waals surface area contributed by atoms with Gasteiger partial charge in [0.1, 0.15) is 5.82 Å². The summed E-state index contributed by atoms with van der Waals surface area (Å²) in [7, 11) is 0. The summed E-state index contributed by atoms with van der Waals surface area (Å²) in [5.41, 5.74) is 2.95. The average molecular weight is 272 g/mol. The molecule has 0 saturated carbocycles. The highest BCUT2D eigenvalue weighted by Crippen LogP contribution is 2.34. The number of anilines is 1. The van der Waals surface area contributed by atoms with Gasteiger partial charge in [0.15, 0.2) is 0 Å². The van der Waals surface area contributed by atoms with E-state index in [-0.39, 0.29) is 16.8 Å². The Hall–Kier alpha value is -2.10. The monoisotopic (exact) mass is 272 g/mol. The average Bonchev–Trinajstić information content (AvgIpc) is 2.69. The maximum absolute atomic E-state index is 12.9. The molecule has 20 heavy (non-hydrogen) atoms. The molecule has 0 radical (unpaired) electrons. The molecule has 2 heterocycles. The lowest BCUT2D eigenvalue weighted by Crippen LogP contribution is -2.23. The molecule has 4 heteroatoms. The van der Waals surface area contributed by atoms with E-state index >= 15 is 0 Å². The minimum Gasteiger partial charge on any atom is -0.383 e. The van der Waals surface area contributed by atoms with Crippen LogP contribution >= 0.6 is 0 Å². The molecule has 0 saturated heterocycles. The van der Waals surface area contributed by atoms with Gasteiger partial charge < -0.3 is 9.88 Å². The van der Waals surface area contributed by atoms with Crippen LogP contribution in [0.1, 0.15) is 25.0 Å². The van der Waals surface area contributed by atoms with Gasteiger partial charge in [0.25, 0.3) is 5.56 Å². The third kappa shape index (κ3) is 2.22. The van der Waals surface area contributed by atoms with Crippen molar-refractivity contribution >= 4 is 5.69 Å². The number of hydrogen-bond acceptors (Lipinski definition) is 2. The number of aromatic nitrogens is 1. The molecule has 0 unspecified atom stereocenters. The molecule has 0 spiro atoms. The third-order valence-corrected chi connectivity index (χ3v) is 3.84. The molecule has 2 aromatic rings. The summed E-state index contributed by atoms with van der Waals surface area (Å²) in [5.74, 6) is -0.265. The molecule has 1 aliphatic rings. The van der Waals surface area contributed by atoms with Gasteiger partial charge in [-0.3, -0.25) is 4.79 Å². The van der Waals surface area contributed by atoms with Gasteiger partial charge in [0.05, 0.1) is 12.2 Å². The molecule has 0 amide bonds. The van der Waals surface area contributed by atoms with Crippen LogP contribution < -0.4 is 10.9 Å². The molecule has 0 atom stereocenters. The van der Waals surface area contributed by atoms with Crippen LogP contribution in [0.5, 0.6) is 0 Å². The molecule has 104 valence electrons. The Morgan fingerprint density at radius 2 is 2.00 bits per heavy atom. The molecule has 0 fully saturated rings. The molecular formula is C16H17FN2O. The fraction of sp³-hybridized carbons (Fsp3) is 0.312. The Morgan fingerprint density at radius 3 is 2.70 bits per heavy atom. The van der Waals surface area contributed by atoms with Crippen LogP contribution in [-0.4, -0.2) is 11.1 Å². The maximum atomic E-state index is 12.9. The Kier molecular flexibility index (Phi) is 2.89. The van der Waals surface area contributed by atoms with E-state index in [4.69, 9.17) is 0 Å². The summed E-state index contributed by atoms with van der Waals surface area (Å²) in [6.07, 6.45) is 1.86. The van der Waals surface area contributed by atoms with E-state index in [2.05, 4.69) is 19.2 Å². The molecular weight excluding hydrogens is 255 g/mol. The van der Waals surface area contributed by atoms with E-state index in [0.717, 1.165) is 23.4 Å². The fourth-order valence-electron chi connectivity index (χ4n) is 2.60. The summed E-state index contributed by atoms with van der Waals surface area (Å²) in [5, 5.41) is 3.33. The predicted molar refractivity (Wildman–Crippen MR) is 77.7 cm³/mol. The van der Waals surface area contributed by atoms with Crippen molar-refractivity contribution < 1.29 is 4.39 Å². The Balaban J connectivity index is 1.96. The van der Waals surface area contributed by atoms with Gasteiger partial charge in [-0.25, -0.2) is 4.39 Å². The number of pyridine rings is 1. The smallest absolute Gasteiger partial charge is 0.251 e. The largest absolute Gasteiger partial charge is 0.383 e. The zero-order valence-corrected chi connectivity index (χ0v) is 11.6. The van der Waals surface area contributed by atoms with Crippen LogP contribution in [0.25, 0.3) is 0 Å². The second-order valence-corrected chi connectivity index (χ2v) is 5.93. The molecule has 1 N–H and O–H groups in total. The first-order chi connectivity index (χ1) is 9.45. The highest BCUT2D eigenvalue weighted by molar-refractivity contribution is 5.58. The first kappa shape index (κ1) is 12.9. The number of halogens is 1. The van der Waals surface area contributed by atoms with Gasteiger partial charge in [0, 0.05) is 24.2 Å². The van der Waals surface area contributed by atoms with Crippen molar-refractivity contribution in [2.24, 2.45) is 0 Å². The van der Waals surface area contributed by atoms with Gasteiger partial charge >= 0.3 is 0 Å². The summed E-state index contributed by atoms with van der Waals surface area (Å²) >= 11 is 0. The van der Waals surface area contributed by atoms with Gasteiger partial charge in [-0.2, -0.15) is 0 Å². The van der Waals surface area contributed by atoms with E-state index < -0.39 is 0 Å². The number of hydrogen-bond donors (Lipinski definition) is 1. The number of fused-ring (bicyclic) bond motifs is 1. The van der Waals surface area contributed by atoms with Crippen molar-refractivity contribution in [3.8, 4) is 0 Å². The van der Waals surface area contributed by atoms with Gasteiger partial charge in [-0.15, -0.1) is 0 Å². The Morgan fingerprint density at radius 1 is 1.30 bits per heavy atom. The number of rotatable bonds is 2. The van der Waals surface area contributed by atoms with Crippen molar-refractivity contribution in [1.29, 1.82) is 0 Å². The first-order valence-electron chi connectivity index (χ1n) is 6.69. The predicted octanol–water partition coefficient (Wildman–Crippen LogP) is 2.74. The summed E-state index contributed by atoms with van der Waals surface area (Å²) in [6, 6.07) is 7.93. The highest BCUT2D eigenvalue weighted by atomic mass is 19.1. The maximum Gasteiger partial charge on any atom is 0.251 e. The summed E-state index contributed by atoms with van der Waals surface area (Å²) < 4.78 is 14.5. The second-order valence-electron chi connectivity index (χ2n) is 5.93. The van der Waals surface area contributed by atoms with Crippen LogP contribution in [0.15, 0.2) is 41.3 Å². The molecule has 0 bridgehead atoms. The standard InChI is InChI=1S/C16H17FN2O/c1-16(2)10-18-14-9-19(15(20)7-13(14)16)8-11-3-5-12(17)6-4-11/h3-7,9,18H,8,10H2,1-2H3. The van der Waals surface area contributed by atoms with Crippen molar-refractivity contribution in [2.75, 3.05) is 11.9 Å². The van der Waals surface area contributed by atoms with Crippen LogP contribution in [0.3, 0.4) is 0 Å². The van der Waals surface area contributed by atoms with Gasteiger partial charge in [0.2, 0.25) is 0 Å². The van der Waals surface area contributed by atoms with E-state index in [1.54, 1.807) is 22.8 Å². The number of benzene rings is 1. The second kappa shape index (κ2) is 4.47. The highest BCUT2D eigenvalue weighted by Gasteiger charge is 2.30. The van der Waals surface area contributed by atoms with Crippen molar-refractivity contribution in [1.82, 2.24) is 4.57 Å². The lowest BCUT2D eigenvalue weighted by molar-refractivity contribution is 0.584. The van der Waals surface area contributed by atoms with Gasteiger partial charge in [-0.1, -0.05) is 26.0 Å². The SMILES string of the molecule is CC1(C)CNc2cn(Cc3ccc(F)cc3)c(=O)cc21. The molecule has 1 aromatic carbocycles. The molecule has 1 aliphatic heterocycles. The molecule has 3 rings (SSSR count). The van der Waals surface area contributed by atoms with E-state index in [1.807, 2.05) is 6.20 Å². The van der Waals surface area contributed by atoms with Crippen molar-refractivity contribution in [3.63, 3.8) is 0 Å². The third-order valence-electron chi connectivity index (χ3n) is 3.84. The minimum atomic E-state index is -0.265. The van der Waals surface area contributed by atoms with E-state index in [0.29, 0.717) is 6.54 Å². The Bertz CT molecular complexity index is 701. The van der Waals surface area contributed by atoms with Crippen molar-refractivity contribution in [3.05, 3.63) is 63.8 Å². The quantitative estimate of drug-likeness (QED) is 0.912. The zero-order valence-electron chi connectivity index (χ0n) is 11.6. The molecule has 1 aromatic heterocycles. The molecule has 0 aliphatic carbocycles. The zero-order chi connectivity index (χ0) is 14.3. The Labute approximate surface area is 117 Å². The summed E-state index contributed by atoms with van der Waals surface area (Å²) in [4.78, 5) is 12.2. The van der Waals surface area contributed by atoms with Crippen LogP contribution in [0.4, 0.5) is 10.1 Å². The summed E-state index contributed by atoms with van der Waals surface area (Å²) in [6.45, 7) is 5.53. The van der Waals surface area contributed by atoms with Gasteiger partial charge in [-0.05, 0) is 23.3 Å². The normalized spacial score (nSPS) is 15.8.